The summed E-state index contributed by atoms with van der Waals surface area (Å²) in [6.07, 6.45) is 2.83. The van der Waals surface area contributed by atoms with Gasteiger partial charge in [-0.2, -0.15) is 0 Å². The maximum absolute atomic E-state index is 6.31. The number of hydrogen-bond acceptors (Lipinski definition) is 3. The molecule has 1 heterocycles. The zero-order chi connectivity index (χ0) is 18.7. The van der Waals surface area contributed by atoms with Crippen LogP contribution >= 0.6 is 0 Å². The van der Waals surface area contributed by atoms with E-state index in [0.29, 0.717) is 5.92 Å². The average Bonchev–Trinajstić information content (AvgIpc) is 2.55. The van der Waals surface area contributed by atoms with Crippen molar-refractivity contribution in [1.82, 2.24) is 4.98 Å². The maximum atomic E-state index is 6.31. The molecule has 0 aliphatic rings. The van der Waals surface area contributed by atoms with Crippen molar-refractivity contribution in [2.75, 3.05) is 7.11 Å². The molecule has 0 saturated carbocycles. The maximum Gasteiger partial charge on any atom is 0.250 e. The number of methoxy groups -OCH3 is 1. The molecule has 1 unspecified atom stereocenters. The Morgan fingerprint density at radius 1 is 1.00 bits per heavy atom. The zero-order valence-electron chi connectivity index (χ0n) is 16.6. The van der Waals surface area contributed by atoms with Crippen molar-refractivity contribution >= 4 is 8.32 Å². The number of nitrogens with zero attached hydrogens (tertiary/aromatic N) is 1. The summed E-state index contributed by atoms with van der Waals surface area (Å²) >= 11 is 0. The highest BCUT2D eigenvalue weighted by Gasteiger charge is 2.39. The van der Waals surface area contributed by atoms with Crippen LogP contribution < -0.4 is 9.16 Å². The number of benzene rings is 1. The summed E-state index contributed by atoms with van der Waals surface area (Å²) in [5.41, 5.74) is 2.38. The van der Waals surface area contributed by atoms with E-state index in [1.54, 1.807) is 7.11 Å². The van der Waals surface area contributed by atoms with Gasteiger partial charge in [-0.15, -0.1) is 0 Å². The molecule has 0 amide bonds. The van der Waals surface area contributed by atoms with Crippen molar-refractivity contribution in [2.45, 2.75) is 58.2 Å². The van der Waals surface area contributed by atoms with Crippen LogP contribution in [-0.2, 0) is 6.42 Å². The molecule has 0 N–H and O–H groups in total. The standard InChI is InChI=1S/C21H31NO2Si/c1-16(14-17-8-10-18(23-5)11-9-17)20-13-12-19(15-22-20)24-25(6,7)21(2,3)4/h8-13,15-16H,14H2,1-7H3. The first-order chi connectivity index (χ1) is 11.6. The van der Waals surface area contributed by atoms with Gasteiger partial charge in [0.1, 0.15) is 11.5 Å². The Hall–Kier alpha value is -1.81. The minimum absolute atomic E-state index is 0.188. The van der Waals surface area contributed by atoms with Crippen LogP contribution in [0, 0.1) is 0 Å². The van der Waals surface area contributed by atoms with Gasteiger partial charge in [0, 0.05) is 11.6 Å². The number of pyridine rings is 1. The lowest BCUT2D eigenvalue weighted by Gasteiger charge is -2.36. The van der Waals surface area contributed by atoms with Gasteiger partial charge >= 0.3 is 0 Å². The third-order valence-corrected chi connectivity index (χ3v) is 9.50. The highest BCUT2D eigenvalue weighted by atomic mass is 28.4. The predicted octanol–water partition coefficient (Wildman–Crippen LogP) is 5.82. The Bertz CT molecular complexity index is 673. The molecule has 1 aromatic heterocycles. The predicted molar refractivity (Wildman–Crippen MR) is 107 cm³/mol. The molecule has 0 aliphatic heterocycles. The number of aromatic nitrogens is 1. The Balaban J connectivity index is 2.03. The van der Waals surface area contributed by atoms with E-state index in [4.69, 9.17) is 9.16 Å². The second kappa shape index (κ2) is 7.61. The van der Waals surface area contributed by atoms with Crippen molar-refractivity contribution in [1.29, 1.82) is 0 Å². The molecule has 0 saturated heterocycles. The molecular weight excluding hydrogens is 326 g/mol. The Morgan fingerprint density at radius 2 is 1.60 bits per heavy atom. The summed E-state index contributed by atoms with van der Waals surface area (Å²) in [7, 11) is -0.123. The largest absolute Gasteiger partial charge is 0.542 e. The smallest absolute Gasteiger partial charge is 0.250 e. The Morgan fingerprint density at radius 3 is 2.08 bits per heavy atom. The fraction of sp³-hybridized carbons (Fsp3) is 0.476. The summed E-state index contributed by atoms with van der Waals surface area (Å²) in [6.45, 7) is 13.5. The molecular formula is C21H31NO2Si. The molecule has 0 fully saturated rings. The second-order valence-electron chi connectivity index (χ2n) is 8.23. The molecule has 1 aromatic carbocycles. The van der Waals surface area contributed by atoms with E-state index >= 15 is 0 Å². The molecule has 0 spiro atoms. The number of ether oxygens (including phenoxy) is 1. The Labute approximate surface area is 153 Å². The molecule has 136 valence electrons. The lowest BCUT2D eigenvalue weighted by molar-refractivity contribution is 0.414. The summed E-state index contributed by atoms with van der Waals surface area (Å²) in [5.74, 6) is 2.13. The van der Waals surface area contributed by atoms with Gasteiger partial charge < -0.3 is 9.16 Å². The Kier molecular flexibility index (Phi) is 5.94. The molecule has 3 nitrogen and oxygen atoms in total. The highest BCUT2D eigenvalue weighted by molar-refractivity contribution is 6.74. The second-order valence-corrected chi connectivity index (χ2v) is 13.0. The van der Waals surface area contributed by atoms with E-state index in [9.17, 15) is 0 Å². The third-order valence-electron chi connectivity index (χ3n) is 5.14. The van der Waals surface area contributed by atoms with Gasteiger partial charge in [-0.1, -0.05) is 39.8 Å². The van der Waals surface area contributed by atoms with E-state index < -0.39 is 8.32 Å². The fourth-order valence-electron chi connectivity index (χ4n) is 2.41. The first-order valence-electron chi connectivity index (χ1n) is 8.90. The minimum atomic E-state index is -1.81. The summed E-state index contributed by atoms with van der Waals surface area (Å²) in [4.78, 5) is 4.65. The van der Waals surface area contributed by atoms with Crippen LogP contribution in [0.3, 0.4) is 0 Å². The molecule has 4 heteroatoms. The van der Waals surface area contributed by atoms with Gasteiger partial charge in [0.2, 0.25) is 0 Å². The van der Waals surface area contributed by atoms with Crippen molar-refractivity contribution in [3.05, 3.63) is 53.9 Å². The van der Waals surface area contributed by atoms with Crippen LogP contribution in [-0.4, -0.2) is 20.4 Å². The topological polar surface area (TPSA) is 31.4 Å². The van der Waals surface area contributed by atoms with Crippen LogP contribution in [0.5, 0.6) is 11.5 Å². The first-order valence-corrected chi connectivity index (χ1v) is 11.8. The molecule has 1 atom stereocenters. The molecule has 0 aliphatic carbocycles. The van der Waals surface area contributed by atoms with Gasteiger partial charge in [-0.25, -0.2) is 0 Å². The van der Waals surface area contributed by atoms with E-state index in [-0.39, 0.29) is 5.04 Å². The van der Waals surface area contributed by atoms with Gasteiger partial charge in [0.05, 0.1) is 13.3 Å². The van der Waals surface area contributed by atoms with Crippen molar-refractivity contribution in [2.24, 2.45) is 0 Å². The monoisotopic (exact) mass is 357 g/mol. The third kappa shape index (κ3) is 5.08. The van der Waals surface area contributed by atoms with Gasteiger partial charge in [-0.3, -0.25) is 4.98 Å². The van der Waals surface area contributed by atoms with Gasteiger partial charge in [0.15, 0.2) is 0 Å². The molecule has 2 rings (SSSR count). The van der Waals surface area contributed by atoms with E-state index in [2.05, 4.69) is 70.0 Å². The van der Waals surface area contributed by atoms with Crippen LogP contribution in [0.1, 0.15) is 44.9 Å². The lowest BCUT2D eigenvalue weighted by Crippen LogP contribution is -2.43. The van der Waals surface area contributed by atoms with Gasteiger partial charge in [-0.05, 0) is 54.4 Å². The summed E-state index contributed by atoms with van der Waals surface area (Å²) < 4.78 is 11.5. The minimum Gasteiger partial charge on any atom is -0.542 e. The van der Waals surface area contributed by atoms with Crippen LogP contribution in [0.4, 0.5) is 0 Å². The fourth-order valence-corrected chi connectivity index (χ4v) is 3.43. The quantitative estimate of drug-likeness (QED) is 0.610. The number of hydrogen-bond donors (Lipinski definition) is 0. The molecule has 0 radical (unpaired) electrons. The SMILES string of the molecule is COc1ccc(CC(C)c2ccc(O[Si](C)(C)C(C)(C)C)cn2)cc1. The van der Waals surface area contributed by atoms with Crippen molar-refractivity contribution in [3.63, 3.8) is 0 Å². The average molecular weight is 358 g/mol. The van der Waals surface area contributed by atoms with E-state index in [0.717, 1.165) is 23.6 Å². The summed E-state index contributed by atoms with van der Waals surface area (Å²) in [6, 6.07) is 12.4. The van der Waals surface area contributed by atoms with Crippen molar-refractivity contribution < 1.29 is 9.16 Å². The molecule has 25 heavy (non-hydrogen) atoms. The van der Waals surface area contributed by atoms with Crippen LogP contribution in [0.2, 0.25) is 18.1 Å². The molecule has 0 bridgehead atoms. The number of rotatable bonds is 6. The van der Waals surface area contributed by atoms with E-state index in [1.807, 2.05) is 18.3 Å². The first kappa shape index (κ1) is 19.5. The van der Waals surface area contributed by atoms with Gasteiger partial charge in [0.25, 0.3) is 8.32 Å². The van der Waals surface area contributed by atoms with E-state index in [1.165, 1.54) is 5.56 Å². The zero-order valence-corrected chi connectivity index (χ0v) is 17.6. The highest BCUT2D eigenvalue weighted by Crippen LogP contribution is 2.37. The molecule has 2 aromatic rings. The van der Waals surface area contributed by atoms with Crippen LogP contribution in [0.25, 0.3) is 0 Å². The van der Waals surface area contributed by atoms with Crippen LogP contribution in [0.15, 0.2) is 42.6 Å². The van der Waals surface area contributed by atoms with Crippen molar-refractivity contribution in [3.8, 4) is 11.5 Å². The lowest BCUT2D eigenvalue weighted by atomic mass is 9.97. The summed E-state index contributed by atoms with van der Waals surface area (Å²) in [5, 5.41) is 0.188. The normalized spacial score (nSPS) is 13.4.